The molecular weight excluding hydrogens is 208 g/mol. The molecule has 0 aliphatic rings. The molecule has 2 rings (SSSR count). The number of nitrogens with zero attached hydrogens (tertiary/aromatic N) is 1. The lowest BCUT2D eigenvalue weighted by Crippen LogP contribution is -2.16. The Kier molecular flexibility index (Phi) is 3.07. The number of methoxy groups -OCH3 is 2. The van der Waals surface area contributed by atoms with Gasteiger partial charge in [-0.1, -0.05) is 0 Å². The van der Waals surface area contributed by atoms with Crippen LogP contribution in [0.2, 0.25) is 0 Å². The zero-order valence-electron chi connectivity index (χ0n) is 9.27. The Morgan fingerprint density at radius 2 is 2.25 bits per heavy atom. The van der Waals surface area contributed by atoms with Crippen LogP contribution in [-0.4, -0.2) is 25.8 Å². The molecule has 2 aromatic rings. The molecule has 0 fully saturated rings. The van der Waals surface area contributed by atoms with Crippen molar-refractivity contribution >= 4 is 11.1 Å². The quantitative estimate of drug-likeness (QED) is 0.848. The molecule has 0 radical (unpaired) electrons. The minimum atomic E-state index is -0.344. The van der Waals surface area contributed by atoms with Crippen molar-refractivity contribution in [3.05, 3.63) is 24.1 Å². The first-order chi connectivity index (χ1) is 7.74. The summed E-state index contributed by atoms with van der Waals surface area (Å²) in [6.07, 6.45) is 0. The van der Waals surface area contributed by atoms with E-state index >= 15 is 0 Å². The zero-order chi connectivity index (χ0) is 11.5. The van der Waals surface area contributed by atoms with E-state index in [-0.39, 0.29) is 6.04 Å². The van der Waals surface area contributed by atoms with E-state index in [1.54, 1.807) is 14.2 Å². The van der Waals surface area contributed by atoms with E-state index in [0.717, 1.165) is 11.3 Å². The van der Waals surface area contributed by atoms with E-state index in [0.29, 0.717) is 18.1 Å². The maximum Gasteiger partial charge on any atom is 0.214 e. The largest absolute Gasteiger partial charge is 0.497 e. The van der Waals surface area contributed by atoms with Crippen LogP contribution >= 0.6 is 0 Å². The predicted molar refractivity (Wildman–Crippen MR) is 59.4 cm³/mol. The maximum absolute atomic E-state index is 5.83. The molecule has 0 bridgehead atoms. The van der Waals surface area contributed by atoms with Gasteiger partial charge in [0.05, 0.1) is 13.7 Å². The van der Waals surface area contributed by atoms with E-state index in [4.69, 9.17) is 19.6 Å². The summed E-state index contributed by atoms with van der Waals surface area (Å²) in [7, 11) is 3.20. The minimum absolute atomic E-state index is 0.344. The van der Waals surface area contributed by atoms with Gasteiger partial charge in [-0.15, -0.1) is 0 Å². The van der Waals surface area contributed by atoms with Crippen molar-refractivity contribution in [2.75, 3.05) is 20.8 Å². The van der Waals surface area contributed by atoms with Gasteiger partial charge in [0.15, 0.2) is 5.58 Å². The van der Waals surface area contributed by atoms with Crippen molar-refractivity contribution in [2.45, 2.75) is 6.04 Å². The summed E-state index contributed by atoms with van der Waals surface area (Å²) < 4.78 is 15.6. The molecule has 1 heterocycles. The molecule has 0 saturated heterocycles. The number of hydrogen-bond donors (Lipinski definition) is 1. The van der Waals surface area contributed by atoms with Gasteiger partial charge in [-0.2, -0.15) is 0 Å². The molecule has 1 atom stereocenters. The van der Waals surface area contributed by atoms with Gasteiger partial charge in [-0.05, 0) is 12.1 Å². The Balaban J connectivity index is 2.35. The summed E-state index contributed by atoms with van der Waals surface area (Å²) in [5.41, 5.74) is 7.26. The van der Waals surface area contributed by atoms with Crippen molar-refractivity contribution in [3.63, 3.8) is 0 Å². The Labute approximate surface area is 93.2 Å². The van der Waals surface area contributed by atoms with Crippen molar-refractivity contribution in [2.24, 2.45) is 5.73 Å². The molecule has 0 aliphatic heterocycles. The van der Waals surface area contributed by atoms with E-state index < -0.39 is 0 Å². The van der Waals surface area contributed by atoms with Gasteiger partial charge in [0.2, 0.25) is 5.89 Å². The first kappa shape index (κ1) is 10.9. The van der Waals surface area contributed by atoms with Crippen LogP contribution in [0.3, 0.4) is 0 Å². The highest BCUT2D eigenvalue weighted by molar-refractivity contribution is 5.74. The third-order valence-corrected chi connectivity index (χ3v) is 2.27. The van der Waals surface area contributed by atoms with Crippen molar-refractivity contribution in [1.82, 2.24) is 4.98 Å². The van der Waals surface area contributed by atoms with Gasteiger partial charge in [0, 0.05) is 13.2 Å². The molecule has 0 aliphatic carbocycles. The summed E-state index contributed by atoms with van der Waals surface area (Å²) in [4.78, 5) is 4.29. The average Bonchev–Trinajstić information content (AvgIpc) is 2.71. The molecule has 5 nitrogen and oxygen atoms in total. The van der Waals surface area contributed by atoms with Gasteiger partial charge >= 0.3 is 0 Å². The molecule has 86 valence electrons. The normalized spacial score (nSPS) is 12.9. The molecule has 0 spiro atoms. The van der Waals surface area contributed by atoms with Crippen LogP contribution in [0.5, 0.6) is 5.75 Å². The summed E-state index contributed by atoms with van der Waals surface area (Å²) in [6.45, 7) is 0.379. The number of oxazole rings is 1. The lowest BCUT2D eigenvalue weighted by atomic mass is 10.3. The highest BCUT2D eigenvalue weighted by Crippen LogP contribution is 2.23. The van der Waals surface area contributed by atoms with Crippen molar-refractivity contribution < 1.29 is 13.9 Å². The number of fused-ring (bicyclic) bond motifs is 1. The smallest absolute Gasteiger partial charge is 0.214 e. The molecule has 0 amide bonds. The third kappa shape index (κ3) is 2.00. The number of benzene rings is 1. The Hall–Kier alpha value is -1.59. The Morgan fingerprint density at radius 3 is 2.94 bits per heavy atom. The molecule has 5 heteroatoms. The van der Waals surface area contributed by atoms with Crippen LogP contribution in [0.1, 0.15) is 11.9 Å². The standard InChI is InChI=1S/C11H14N2O3/c1-14-6-8(12)11-13-9-5-7(15-2)3-4-10(9)16-11/h3-5,8H,6,12H2,1-2H3. The lowest BCUT2D eigenvalue weighted by molar-refractivity contribution is 0.171. The van der Waals surface area contributed by atoms with Crippen LogP contribution in [0, 0.1) is 0 Å². The molecule has 1 aromatic carbocycles. The van der Waals surface area contributed by atoms with Crippen LogP contribution in [-0.2, 0) is 4.74 Å². The number of aromatic nitrogens is 1. The number of rotatable bonds is 4. The van der Waals surface area contributed by atoms with Crippen molar-refractivity contribution in [1.29, 1.82) is 0 Å². The second kappa shape index (κ2) is 4.51. The highest BCUT2D eigenvalue weighted by Gasteiger charge is 2.13. The molecule has 1 aromatic heterocycles. The van der Waals surface area contributed by atoms with Gasteiger partial charge < -0.3 is 19.6 Å². The minimum Gasteiger partial charge on any atom is -0.497 e. The van der Waals surface area contributed by atoms with Crippen LogP contribution < -0.4 is 10.5 Å². The van der Waals surface area contributed by atoms with Gasteiger partial charge in [-0.25, -0.2) is 4.98 Å². The van der Waals surface area contributed by atoms with E-state index in [1.165, 1.54) is 0 Å². The molecular formula is C11H14N2O3. The third-order valence-electron chi connectivity index (χ3n) is 2.27. The summed E-state index contributed by atoms with van der Waals surface area (Å²) >= 11 is 0. The molecule has 0 saturated carbocycles. The maximum atomic E-state index is 5.83. The Bertz CT molecular complexity index is 481. The predicted octanol–water partition coefficient (Wildman–Crippen LogP) is 1.48. The van der Waals surface area contributed by atoms with Crippen LogP contribution in [0.4, 0.5) is 0 Å². The first-order valence-corrected chi connectivity index (χ1v) is 4.93. The van der Waals surface area contributed by atoms with Gasteiger partial charge in [-0.3, -0.25) is 0 Å². The van der Waals surface area contributed by atoms with Crippen LogP contribution in [0.25, 0.3) is 11.1 Å². The summed E-state index contributed by atoms with van der Waals surface area (Å²) in [5, 5.41) is 0. The summed E-state index contributed by atoms with van der Waals surface area (Å²) in [5.74, 6) is 1.22. The molecule has 16 heavy (non-hydrogen) atoms. The first-order valence-electron chi connectivity index (χ1n) is 4.93. The summed E-state index contributed by atoms with van der Waals surface area (Å²) in [6, 6.07) is 5.09. The topological polar surface area (TPSA) is 70.5 Å². The zero-order valence-corrected chi connectivity index (χ0v) is 9.27. The fourth-order valence-electron chi connectivity index (χ4n) is 1.46. The van der Waals surface area contributed by atoms with Crippen LogP contribution in [0.15, 0.2) is 22.6 Å². The van der Waals surface area contributed by atoms with Crippen molar-refractivity contribution in [3.8, 4) is 5.75 Å². The second-order valence-corrected chi connectivity index (χ2v) is 3.45. The van der Waals surface area contributed by atoms with E-state index in [1.807, 2.05) is 18.2 Å². The second-order valence-electron chi connectivity index (χ2n) is 3.45. The Morgan fingerprint density at radius 1 is 1.44 bits per heavy atom. The van der Waals surface area contributed by atoms with Gasteiger partial charge in [0.25, 0.3) is 0 Å². The number of hydrogen-bond acceptors (Lipinski definition) is 5. The molecule has 2 N–H and O–H groups in total. The molecule has 1 unspecified atom stereocenters. The fourth-order valence-corrected chi connectivity index (χ4v) is 1.46. The van der Waals surface area contributed by atoms with Gasteiger partial charge in [0.1, 0.15) is 17.3 Å². The highest BCUT2D eigenvalue weighted by atomic mass is 16.5. The lowest BCUT2D eigenvalue weighted by Gasteiger charge is -2.03. The van der Waals surface area contributed by atoms with E-state index in [2.05, 4.69) is 4.98 Å². The monoisotopic (exact) mass is 222 g/mol. The number of ether oxygens (including phenoxy) is 2. The van der Waals surface area contributed by atoms with E-state index in [9.17, 15) is 0 Å². The SMILES string of the molecule is COCC(N)c1nc2cc(OC)ccc2o1. The number of nitrogens with two attached hydrogens (primary N) is 1. The fraction of sp³-hybridized carbons (Fsp3) is 0.364. The average molecular weight is 222 g/mol.